The number of para-hydroxylation sites is 1. The molecule has 0 saturated carbocycles. The number of nitrogens with one attached hydrogen (secondary N) is 1. The van der Waals surface area contributed by atoms with Crippen LogP contribution >= 0.6 is 15.9 Å². The largest absolute Gasteiger partial charge is 0.377 e. The fraction of sp³-hybridized carbons (Fsp3) is 0.400. The van der Waals surface area contributed by atoms with Crippen LogP contribution in [-0.4, -0.2) is 5.54 Å². The average molecular weight is 246 g/mol. The third kappa shape index (κ3) is 2.99. The Balaban J connectivity index is 3.00. The van der Waals surface area contributed by atoms with Crippen molar-refractivity contribution >= 4 is 21.6 Å². The van der Waals surface area contributed by atoms with Crippen molar-refractivity contribution in [3.63, 3.8) is 0 Å². The van der Waals surface area contributed by atoms with Crippen LogP contribution in [0, 0.1) is 5.82 Å². The van der Waals surface area contributed by atoms with E-state index >= 15 is 0 Å². The minimum absolute atomic E-state index is 0.134. The minimum atomic E-state index is -0.232. The molecular formula is C10H13BrFN. The van der Waals surface area contributed by atoms with E-state index in [1.54, 1.807) is 6.07 Å². The first-order valence-corrected chi connectivity index (χ1v) is 4.91. The summed E-state index contributed by atoms with van der Waals surface area (Å²) in [4.78, 5) is 0. The van der Waals surface area contributed by atoms with Crippen molar-refractivity contribution in [2.75, 3.05) is 5.32 Å². The van der Waals surface area contributed by atoms with E-state index in [4.69, 9.17) is 0 Å². The van der Waals surface area contributed by atoms with Crippen molar-refractivity contribution in [1.29, 1.82) is 0 Å². The van der Waals surface area contributed by atoms with Crippen LogP contribution < -0.4 is 5.32 Å². The number of rotatable bonds is 1. The monoisotopic (exact) mass is 245 g/mol. The number of hydrogen-bond donors (Lipinski definition) is 1. The smallest absolute Gasteiger partial charge is 0.147 e. The molecule has 0 aliphatic rings. The predicted molar refractivity (Wildman–Crippen MR) is 57.5 cm³/mol. The number of halogens is 2. The topological polar surface area (TPSA) is 12.0 Å². The highest BCUT2D eigenvalue weighted by Crippen LogP contribution is 2.27. The molecule has 13 heavy (non-hydrogen) atoms. The fourth-order valence-corrected chi connectivity index (χ4v) is 1.43. The van der Waals surface area contributed by atoms with Crippen LogP contribution in [0.3, 0.4) is 0 Å². The Morgan fingerprint density at radius 1 is 1.31 bits per heavy atom. The normalized spacial score (nSPS) is 11.5. The van der Waals surface area contributed by atoms with E-state index in [1.807, 2.05) is 26.8 Å². The molecule has 0 radical (unpaired) electrons. The van der Waals surface area contributed by atoms with Gasteiger partial charge in [0.25, 0.3) is 0 Å². The van der Waals surface area contributed by atoms with Crippen molar-refractivity contribution in [1.82, 2.24) is 0 Å². The molecule has 0 atom stereocenters. The summed E-state index contributed by atoms with van der Waals surface area (Å²) in [7, 11) is 0. The molecule has 0 aliphatic carbocycles. The summed E-state index contributed by atoms with van der Waals surface area (Å²) in [5.74, 6) is -0.232. The first kappa shape index (κ1) is 10.5. The SMILES string of the molecule is CC(C)(C)Nc1c(F)cccc1Br. The van der Waals surface area contributed by atoms with Crippen LogP contribution in [0.4, 0.5) is 10.1 Å². The molecule has 1 N–H and O–H groups in total. The van der Waals surface area contributed by atoms with Crippen molar-refractivity contribution in [3.8, 4) is 0 Å². The number of hydrogen-bond acceptors (Lipinski definition) is 1. The van der Waals surface area contributed by atoms with Crippen LogP contribution in [0.5, 0.6) is 0 Å². The van der Waals surface area contributed by atoms with E-state index in [0.717, 1.165) is 4.47 Å². The van der Waals surface area contributed by atoms with Gasteiger partial charge in [-0.15, -0.1) is 0 Å². The molecule has 0 aliphatic heterocycles. The first-order chi connectivity index (χ1) is 5.90. The van der Waals surface area contributed by atoms with Gasteiger partial charge in [0, 0.05) is 10.0 Å². The van der Waals surface area contributed by atoms with Crippen LogP contribution in [0.2, 0.25) is 0 Å². The maximum atomic E-state index is 13.3. The maximum Gasteiger partial charge on any atom is 0.147 e. The molecule has 0 heterocycles. The van der Waals surface area contributed by atoms with Crippen LogP contribution in [0.1, 0.15) is 20.8 Å². The Labute approximate surface area is 86.5 Å². The quantitative estimate of drug-likeness (QED) is 0.794. The second kappa shape index (κ2) is 3.66. The Hall–Kier alpha value is -0.570. The predicted octanol–water partition coefficient (Wildman–Crippen LogP) is 3.80. The Morgan fingerprint density at radius 3 is 2.38 bits per heavy atom. The molecule has 0 saturated heterocycles. The van der Waals surface area contributed by atoms with E-state index in [2.05, 4.69) is 21.2 Å². The van der Waals surface area contributed by atoms with Gasteiger partial charge < -0.3 is 5.32 Å². The van der Waals surface area contributed by atoms with Gasteiger partial charge in [0.1, 0.15) is 5.82 Å². The van der Waals surface area contributed by atoms with Gasteiger partial charge in [-0.3, -0.25) is 0 Å². The van der Waals surface area contributed by atoms with Gasteiger partial charge in [-0.2, -0.15) is 0 Å². The zero-order valence-corrected chi connectivity index (χ0v) is 9.57. The molecule has 72 valence electrons. The lowest BCUT2D eigenvalue weighted by Crippen LogP contribution is -2.26. The van der Waals surface area contributed by atoms with Crippen molar-refractivity contribution in [2.45, 2.75) is 26.3 Å². The van der Waals surface area contributed by atoms with Gasteiger partial charge in [-0.25, -0.2) is 4.39 Å². The molecule has 0 amide bonds. The zero-order chi connectivity index (χ0) is 10.1. The van der Waals surface area contributed by atoms with Gasteiger partial charge in [-0.05, 0) is 48.8 Å². The molecule has 1 nitrogen and oxygen atoms in total. The standard InChI is InChI=1S/C10H13BrFN/c1-10(2,3)13-9-7(11)5-4-6-8(9)12/h4-6,13H,1-3H3. The van der Waals surface area contributed by atoms with E-state index in [1.165, 1.54) is 6.07 Å². The summed E-state index contributed by atoms with van der Waals surface area (Å²) in [5.41, 5.74) is 0.389. The fourth-order valence-electron chi connectivity index (χ4n) is 0.992. The van der Waals surface area contributed by atoms with Gasteiger partial charge in [0.15, 0.2) is 0 Å². The average Bonchev–Trinajstić information content (AvgIpc) is 1.95. The third-order valence-corrected chi connectivity index (χ3v) is 2.12. The molecule has 1 rings (SSSR count). The zero-order valence-electron chi connectivity index (χ0n) is 7.99. The summed E-state index contributed by atoms with van der Waals surface area (Å²) in [6.07, 6.45) is 0. The van der Waals surface area contributed by atoms with E-state index in [-0.39, 0.29) is 11.4 Å². The van der Waals surface area contributed by atoms with E-state index < -0.39 is 0 Å². The summed E-state index contributed by atoms with van der Waals surface area (Å²) in [5, 5.41) is 3.10. The molecule has 1 aromatic rings. The molecule has 1 aromatic carbocycles. The summed E-state index contributed by atoms with van der Waals surface area (Å²) < 4.78 is 14.0. The molecule has 0 unspecified atom stereocenters. The lowest BCUT2D eigenvalue weighted by Gasteiger charge is -2.23. The Kier molecular flexibility index (Phi) is 2.96. The highest BCUT2D eigenvalue weighted by Gasteiger charge is 2.14. The van der Waals surface area contributed by atoms with Crippen LogP contribution in [0.25, 0.3) is 0 Å². The maximum absolute atomic E-state index is 13.3. The van der Waals surface area contributed by atoms with E-state index in [9.17, 15) is 4.39 Å². The summed E-state index contributed by atoms with van der Waals surface area (Å²) in [6.45, 7) is 5.98. The van der Waals surface area contributed by atoms with Crippen molar-refractivity contribution in [3.05, 3.63) is 28.5 Å². The van der Waals surface area contributed by atoms with Crippen molar-refractivity contribution in [2.24, 2.45) is 0 Å². The highest BCUT2D eigenvalue weighted by molar-refractivity contribution is 9.10. The van der Waals surface area contributed by atoms with Gasteiger partial charge >= 0.3 is 0 Å². The van der Waals surface area contributed by atoms with Gasteiger partial charge in [-0.1, -0.05) is 6.07 Å². The number of benzene rings is 1. The van der Waals surface area contributed by atoms with Crippen molar-refractivity contribution < 1.29 is 4.39 Å². The lowest BCUT2D eigenvalue weighted by atomic mass is 10.1. The highest BCUT2D eigenvalue weighted by atomic mass is 79.9. The molecular weight excluding hydrogens is 233 g/mol. The van der Waals surface area contributed by atoms with E-state index in [0.29, 0.717) is 5.69 Å². The molecule has 0 fully saturated rings. The molecule has 3 heteroatoms. The lowest BCUT2D eigenvalue weighted by molar-refractivity contribution is 0.597. The summed E-state index contributed by atoms with van der Waals surface area (Å²) >= 11 is 3.30. The summed E-state index contributed by atoms with van der Waals surface area (Å²) in [6, 6.07) is 4.93. The third-order valence-electron chi connectivity index (χ3n) is 1.46. The van der Waals surface area contributed by atoms with Crippen LogP contribution in [0.15, 0.2) is 22.7 Å². The minimum Gasteiger partial charge on any atom is -0.377 e. The molecule has 0 spiro atoms. The first-order valence-electron chi connectivity index (χ1n) is 4.12. The second-order valence-corrected chi connectivity index (χ2v) is 4.83. The van der Waals surface area contributed by atoms with Gasteiger partial charge in [0.05, 0.1) is 5.69 Å². The van der Waals surface area contributed by atoms with Gasteiger partial charge in [0.2, 0.25) is 0 Å². The second-order valence-electron chi connectivity index (χ2n) is 3.97. The molecule has 0 aromatic heterocycles. The molecule has 0 bridgehead atoms. The Bertz CT molecular complexity index is 284. The number of anilines is 1. The Morgan fingerprint density at radius 2 is 1.92 bits per heavy atom. The van der Waals surface area contributed by atoms with Crippen LogP contribution in [-0.2, 0) is 0 Å².